The minimum atomic E-state index is -0.880. The Hall–Kier alpha value is -0.100. The van der Waals surface area contributed by atoms with Gasteiger partial charge in [0.2, 0.25) is 0 Å². The van der Waals surface area contributed by atoms with E-state index in [0.29, 0.717) is 11.8 Å². The Morgan fingerprint density at radius 1 is 0.607 bits per heavy atom. The van der Waals surface area contributed by atoms with Gasteiger partial charge in [0.25, 0.3) is 0 Å². The molecule has 0 unspecified atom stereocenters. The fourth-order valence-electron chi connectivity index (χ4n) is 2.97. The van der Waals surface area contributed by atoms with Crippen molar-refractivity contribution >= 4 is 31.0 Å². The zero-order valence-electron chi connectivity index (χ0n) is 18.2. The number of unbranched alkanes of at least 4 members (excludes halogenated alkanes) is 10. The van der Waals surface area contributed by atoms with Crippen LogP contribution < -0.4 is 0 Å². The summed E-state index contributed by atoms with van der Waals surface area (Å²) in [4.78, 5) is 0. The molecule has 0 fully saturated rings. The topological polar surface area (TPSA) is 17.1 Å². The highest BCUT2D eigenvalue weighted by Crippen LogP contribution is 2.25. The first-order chi connectivity index (χ1) is 13.7. The third-order valence-electron chi connectivity index (χ3n) is 4.85. The number of benzene rings is 1. The van der Waals surface area contributed by atoms with Crippen LogP contribution in [0.4, 0.5) is 0 Å². The van der Waals surface area contributed by atoms with Crippen molar-refractivity contribution in [3.8, 4) is 0 Å². The Bertz CT molecular complexity index is 421. The molecule has 0 spiro atoms. The zero-order chi connectivity index (χ0) is 20.9. The summed E-state index contributed by atoms with van der Waals surface area (Å²) in [6.07, 6.45) is 17.7. The molecule has 0 amide bonds. The normalized spacial score (nSPS) is 10.4. The van der Waals surface area contributed by atoms with Crippen molar-refractivity contribution in [2.24, 2.45) is 0 Å². The van der Waals surface area contributed by atoms with Crippen LogP contribution in [0.1, 0.15) is 102 Å². The molecule has 1 aromatic carbocycles. The summed E-state index contributed by atoms with van der Waals surface area (Å²) in [6.45, 7) is 4.49. The van der Waals surface area contributed by atoms with Crippen LogP contribution in [0.2, 0.25) is 0 Å². The van der Waals surface area contributed by atoms with Crippen LogP contribution in [0.25, 0.3) is 0 Å². The van der Waals surface area contributed by atoms with E-state index in [1.54, 1.807) is 0 Å². The molecule has 0 bridgehead atoms. The zero-order valence-corrected chi connectivity index (χ0v) is 20.6. The molecule has 1 nitrogen and oxygen atoms in total. The molecule has 28 heavy (non-hydrogen) atoms. The van der Waals surface area contributed by atoms with E-state index in [1.807, 2.05) is 24.3 Å². The van der Waals surface area contributed by atoms with Gasteiger partial charge < -0.3 is 0 Å². The summed E-state index contributed by atoms with van der Waals surface area (Å²) < 4.78 is 11.8. The van der Waals surface area contributed by atoms with Crippen LogP contribution >= 0.6 is 31.0 Å². The smallest absolute Gasteiger partial charge is 0.122 e. The van der Waals surface area contributed by atoms with E-state index in [-0.39, 0.29) is 0 Å². The van der Waals surface area contributed by atoms with Crippen molar-refractivity contribution in [1.82, 2.24) is 0 Å². The number of rotatable bonds is 16. The summed E-state index contributed by atoms with van der Waals surface area (Å²) in [6, 6.07) is 7.96. The summed E-state index contributed by atoms with van der Waals surface area (Å²) in [7, 11) is -0.880. The molecule has 0 aromatic heterocycles. The van der Waals surface area contributed by atoms with Crippen LogP contribution in [0.5, 0.6) is 0 Å². The van der Waals surface area contributed by atoms with Crippen molar-refractivity contribution < 1.29 is 4.57 Å². The van der Waals surface area contributed by atoms with Crippen molar-refractivity contribution in [2.45, 2.75) is 103 Å². The molecule has 0 aliphatic carbocycles. The van der Waals surface area contributed by atoms with E-state index in [0.717, 1.165) is 23.5 Å². The molecule has 1 rings (SSSR count). The fourth-order valence-corrected chi connectivity index (χ4v) is 4.70. The monoisotopic (exact) mass is 447 g/mol. The lowest BCUT2D eigenvalue weighted by Gasteiger charge is -1.97. The van der Waals surface area contributed by atoms with Crippen LogP contribution in [-0.2, 0) is 16.3 Å². The second kappa shape index (κ2) is 21.6. The maximum Gasteiger partial charge on any atom is 0.338 e. The Balaban J connectivity index is 0.000000609. The van der Waals surface area contributed by atoms with Gasteiger partial charge in [-0.3, -0.25) is 0 Å². The highest BCUT2D eigenvalue weighted by molar-refractivity contribution is 7.44. The predicted molar refractivity (Wildman–Crippen MR) is 130 cm³/mol. The molecule has 1 aromatic rings. The minimum Gasteiger partial charge on any atom is -0.122 e. The summed E-state index contributed by atoms with van der Waals surface area (Å²) in [5.41, 5.74) is 2.27. The standard InChI is InChI=1S/C16H34OP.C8H8Cl2/c1-3-5-7-9-11-13-15-18(17)16-14-12-10-8-6-4-2;9-5-7-1-2-8(6-10)4-3-7/h3-16H2,1-2H3;1-4H,5-6H2/q+1;. The van der Waals surface area contributed by atoms with Gasteiger partial charge in [-0.25, -0.2) is 0 Å². The average Bonchev–Trinajstić information content (AvgIpc) is 2.73. The Kier molecular flexibility index (Phi) is 21.5. The van der Waals surface area contributed by atoms with Crippen LogP contribution in [0.3, 0.4) is 0 Å². The Morgan fingerprint density at radius 2 is 0.929 bits per heavy atom. The van der Waals surface area contributed by atoms with Gasteiger partial charge in [-0.2, -0.15) is 0 Å². The number of halogens is 2. The van der Waals surface area contributed by atoms with Gasteiger partial charge in [0.15, 0.2) is 0 Å². The first kappa shape index (κ1) is 27.9. The molecule has 0 radical (unpaired) electrons. The second-order valence-corrected chi connectivity index (χ2v) is 9.94. The summed E-state index contributed by atoms with van der Waals surface area (Å²) >= 11 is 11.2. The van der Waals surface area contributed by atoms with Crippen molar-refractivity contribution in [1.29, 1.82) is 0 Å². The van der Waals surface area contributed by atoms with Crippen LogP contribution in [-0.4, -0.2) is 12.3 Å². The minimum absolute atomic E-state index is 0.572. The van der Waals surface area contributed by atoms with E-state index >= 15 is 0 Å². The van der Waals surface area contributed by atoms with Gasteiger partial charge in [0, 0.05) is 11.8 Å². The number of hydrogen-bond donors (Lipinski definition) is 0. The largest absolute Gasteiger partial charge is 0.338 e. The van der Waals surface area contributed by atoms with Crippen LogP contribution in [0, 0.1) is 0 Å². The van der Waals surface area contributed by atoms with Crippen LogP contribution in [0.15, 0.2) is 24.3 Å². The predicted octanol–water partition coefficient (Wildman–Crippen LogP) is 9.70. The number of hydrogen-bond acceptors (Lipinski definition) is 1. The van der Waals surface area contributed by atoms with Crippen molar-refractivity contribution in [2.75, 3.05) is 12.3 Å². The molecule has 0 atom stereocenters. The Labute approximate surface area is 185 Å². The van der Waals surface area contributed by atoms with E-state index in [4.69, 9.17) is 23.2 Å². The molecule has 4 heteroatoms. The van der Waals surface area contributed by atoms with Gasteiger partial charge >= 0.3 is 7.80 Å². The highest BCUT2D eigenvalue weighted by Gasteiger charge is 2.13. The van der Waals surface area contributed by atoms with Gasteiger partial charge in [-0.05, 0) is 36.8 Å². The fraction of sp³-hybridized carbons (Fsp3) is 0.750. The molecule has 0 saturated carbocycles. The molecule has 162 valence electrons. The lowest BCUT2D eigenvalue weighted by atomic mass is 10.1. The lowest BCUT2D eigenvalue weighted by molar-refractivity contribution is 0.574. The lowest BCUT2D eigenvalue weighted by Crippen LogP contribution is -1.87. The van der Waals surface area contributed by atoms with E-state index in [1.165, 1.54) is 77.0 Å². The summed E-state index contributed by atoms with van der Waals surface area (Å²) in [5, 5.41) is 0. The van der Waals surface area contributed by atoms with Gasteiger partial charge in [0.1, 0.15) is 12.3 Å². The first-order valence-corrected chi connectivity index (χ1v) is 14.0. The average molecular weight is 448 g/mol. The SMILES string of the molecule is CCCCCCCC[P+](=O)CCCCCCCC.ClCc1ccc(CCl)cc1. The molecule has 0 saturated heterocycles. The maximum absolute atomic E-state index is 11.8. The third kappa shape index (κ3) is 18.0. The van der Waals surface area contributed by atoms with Crippen molar-refractivity contribution in [3.63, 3.8) is 0 Å². The maximum atomic E-state index is 11.8. The first-order valence-electron chi connectivity index (χ1n) is 11.3. The third-order valence-corrected chi connectivity index (χ3v) is 7.10. The number of alkyl halides is 2. The molecule has 0 aliphatic heterocycles. The second-order valence-electron chi connectivity index (χ2n) is 7.55. The van der Waals surface area contributed by atoms with Gasteiger partial charge in [-0.15, -0.1) is 23.2 Å². The quantitative estimate of drug-likeness (QED) is 0.140. The van der Waals surface area contributed by atoms with E-state index in [9.17, 15) is 4.57 Å². The van der Waals surface area contributed by atoms with E-state index in [2.05, 4.69) is 13.8 Å². The highest BCUT2D eigenvalue weighted by atomic mass is 35.5. The molecule has 0 aliphatic rings. The van der Waals surface area contributed by atoms with Gasteiger partial charge in [0.05, 0.1) is 0 Å². The van der Waals surface area contributed by atoms with Crippen molar-refractivity contribution in [3.05, 3.63) is 35.4 Å². The Morgan fingerprint density at radius 3 is 1.25 bits per heavy atom. The molecule has 0 N–H and O–H groups in total. The summed E-state index contributed by atoms with van der Waals surface area (Å²) in [5.74, 6) is 1.14. The molecule has 0 heterocycles. The van der Waals surface area contributed by atoms with E-state index < -0.39 is 7.80 Å². The van der Waals surface area contributed by atoms with Gasteiger partial charge in [-0.1, -0.05) is 94.0 Å². The molecular weight excluding hydrogens is 406 g/mol. The molecular formula is C24H42Cl2OP+.